The van der Waals surface area contributed by atoms with Crippen LogP contribution in [0.4, 0.5) is 0 Å². The van der Waals surface area contributed by atoms with Crippen LogP contribution in [0.15, 0.2) is 42.5 Å². The molecule has 0 aliphatic heterocycles. The van der Waals surface area contributed by atoms with E-state index in [-0.39, 0.29) is 18.5 Å². The number of hydrogen-bond acceptors (Lipinski definition) is 3. The summed E-state index contributed by atoms with van der Waals surface area (Å²) >= 11 is 17.3. The maximum atomic E-state index is 12.6. The van der Waals surface area contributed by atoms with E-state index in [1.54, 1.807) is 16.7 Å². The number of halogens is 2. The second-order valence-electron chi connectivity index (χ2n) is 6.27. The molecule has 2 aromatic carbocycles. The summed E-state index contributed by atoms with van der Waals surface area (Å²) in [5, 5.41) is 10.9. The standard InChI is InChI=1S/C19H18Cl2N4OS/c1-11-4-3-5-14(8-11)18-23-24-19(27)25(18)10-17(26)22-12(2)13-6-7-15(20)16(21)9-13/h3-9,12H,10H2,1-2H3,(H,22,26)(H,24,27)/t12-/m1/s1. The number of nitrogens with zero attached hydrogens (tertiary/aromatic N) is 2. The molecule has 0 radical (unpaired) electrons. The molecule has 1 atom stereocenters. The highest BCUT2D eigenvalue weighted by Gasteiger charge is 2.15. The molecule has 0 saturated heterocycles. The first-order valence-corrected chi connectivity index (χ1v) is 9.48. The van der Waals surface area contributed by atoms with E-state index in [4.69, 9.17) is 35.4 Å². The van der Waals surface area contributed by atoms with Gasteiger partial charge in [0.2, 0.25) is 5.91 Å². The second kappa shape index (κ2) is 8.25. The number of aromatic nitrogens is 3. The minimum atomic E-state index is -0.226. The Balaban J connectivity index is 1.77. The van der Waals surface area contributed by atoms with Gasteiger partial charge in [-0.05, 0) is 49.8 Å². The summed E-state index contributed by atoms with van der Waals surface area (Å²) in [6.07, 6.45) is 0. The molecule has 5 nitrogen and oxygen atoms in total. The van der Waals surface area contributed by atoms with Gasteiger partial charge >= 0.3 is 0 Å². The van der Waals surface area contributed by atoms with Crippen LogP contribution in [0, 0.1) is 11.7 Å². The zero-order valence-electron chi connectivity index (χ0n) is 14.8. The molecule has 0 aliphatic carbocycles. The minimum absolute atomic E-state index is 0.0598. The Bertz CT molecular complexity index is 1040. The highest BCUT2D eigenvalue weighted by molar-refractivity contribution is 7.71. The molecule has 0 aliphatic rings. The zero-order valence-corrected chi connectivity index (χ0v) is 17.1. The molecule has 0 bridgehead atoms. The van der Waals surface area contributed by atoms with E-state index in [0.29, 0.717) is 20.6 Å². The number of carbonyl (C=O) groups is 1. The van der Waals surface area contributed by atoms with Gasteiger partial charge in [0.25, 0.3) is 0 Å². The van der Waals surface area contributed by atoms with Crippen molar-refractivity contribution in [1.82, 2.24) is 20.1 Å². The third-order valence-corrected chi connectivity index (χ3v) is 5.21. The number of hydrogen-bond donors (Lipinski definition) is 2. The highest BCUT2D eigenvalue weighted by Crippen LogP contribution is 2.25. The minimum Gasteiger partial charge on any atom is -0.348 e. The summed E-state index contributed by atoms with van der Waals surface area (Å²) in [6, 6.07) is 12.9. The van der Waals surface area contributed by atoms with E-state index in [1.165, 1.54) is 0 Å². The van der Waals surface area contributed by atoms with Gasteiger partial charge in [0.15, 0.2) is 10.6 Å². The molecule has 1 amide bonds. The molecule has 2 N–H and O–H groups in total. The molecule has 0 spiro atoms. The van der Waals surface area contributed by atoms with Gasteiger partial charge < -0.3 is 5.32 Å². The average molecular weight is 421 g/mol. The molecular weight excluding hydrogens is 403 g/mol. The fourth-order valence-corrected chi connectivity index (χ4v) is 3.27. The van der Waals surface area contributed by atoms with Crippen molar-refractivity contribution in [2.24, 2.45) is 0 Å². The number of carbonyl (C=O) groups excluding carboxylic acids is 1. The summed E-state index contributed by atoms with van der Waals surface area (Å²) in [4.78, 5) is 12.6. The first kappa shape index (κ1) is 19.6. The molecule has 140 valence electrons. The van der Waals surface area contributed by atoms with Gasteiger partial charge in [-0.15, -0.1) is 0 Å². The van der Waals surface area contributed by atoms with Crippen LogP contribution in [0.2, 0.25) is 10.0 Å². The van der Waals surface area contributed by atoms with Crippen molar-refractivity contribution < 1.29 is 4.79 Å². The van der Waals surface area contributed by atoms with Crippen LogP contribution >= 0.6 is 35.4 Å². The average Bonchev–Trinajstić information content (AvgIpc) is 2.98. The molecule has 1 aromatic heterocycles. The third kappa shape index (κ3) is 4.58. The molecule has 0 saturated carbocycles. The van der Waals surface area contributed by atoms with Crippen molar-refractivity contribution >= 4 is 41.3 Å². The van der Waals surface area contributed by atoms with Crippen LogP contribution in [0.5, 0.6) is 0 Å². The predicted octanol–water partition coefficient (Wildman–Crippen LogP) is 5.10. The summed E-state index contributed by atoms with van der Waals surface area (Å²) in [5.41, 5.74) is 2.87. The number of aryl methyl sites for hydroxylation is 1. The Kier molecular flexibility index (Phi) is 5.99. The summed E-state index contributed by atoms with van der Waals surface area (Å²) in [7, 11) is 0. The Hall–Kier alpha value is -2.15. The number of nitrogens with one attached hydrogen (secondary N) is 2. The van der Waals surface area contributed by atoms with Crippen molar-refractivity contribution in [3.05, 3.63) is 68.4 Å². The smallest absolute Gasteiger partial charge is 0.240 e. The number of amides is 1. The van der Waals surface area contributed by atoms with Gasteiger partial charge in [0, 0.05) is 5.56 Å². The van der Waals surface area contributed by atoms with E-state index in [0.717, 1.165) is 16.7 Å². The fraction of sp³-hybridized carbons (Fsp3) is 0.211. The van der Waals surface area contributed by atoms with Crippen molar-refractivity contribution in [1.29, 1.82) is 0 Å². The van der Waals surface area contributed by atoms with Crippen LogP contribution < -0.4 is 5.32 Å². The zero-order chi connectivity index (χ0) is 19.6. The monoisotopic (exact) mass is 420 g/mol. The van der Waals surface area contributed by atoms with E-state index >= 15 is 0 Å². The fourth-order valence-electron chi connectivity index (χ4n) is 2.76. The Morgan fingerprint density at radius 2 is 2.04 bits per heavy atom. The van der Waals surface area contributed by atoms with Crippen molar-refractivity contribution in [2.45, 2.75) is 26.4 Å². The van der Waals surface area contributed by atoms with Gasteiger partial charge in [-0.1, -0.05) is 53.0 Å². The van der Waals surface area contributed by atoms with Crippen LogP contribution in [-0.4, -0.2) is 20.7 Å². The van der Waals surface area contributed by atoms with Crippen molar-refractivity contribution in [3.8, 4) is 11.4 Å². The predicted molar refractivity (Wildman–Crippen MR) is 111 cm³/mol. The largest absolute Gasteiger partial charge is 0.348 e. The molecule has 0 fully saturated rings. The molecule has 27 heavy (non-hydrogen) atoms. The van der Waals surface area contributed by atoms with Crippen LogP contribution in [0.3, 0.4) is 0 Å². The van der Waals surface area contributed by atoms with E-state index < -0.39 is 0 Å². The van der Waals surface area contributed by atoms with E-state index in [1.807, 2.05) is 44.2 Å². The van der Waals surface area contributed by atoms with Crippen LogP contribution in [0.1, 0.15) is 24.1 Å². The van der Waals surface area contributed by atoms with Gasteiger partial charge in [0.1, 0.15) is 6.54 Å². The molecular formula is C19H18Cl2N4OS. The summed E-state index contributed by atoms with van der Waals surface area (Å²) < 4.78 is 2.07. The lowest BCUT2D eigenvalue weighted by Crippen LogP contribution is -2.30. The molecule has 0 unspecified atom stereocenters. The first-order chi connectivity index (χ1) is 12.8. The topological polar surface area (TPSA) is 62.7 Å². The second-order valence-corrected chi connectivity index (χ2v) is 7.47. The van der Waals surface area contributed by atoms with Gasteiger partial charge in [-0.2, -0.15) is 5.10 Å². The molecule has 1 heterocycles. The normalized spacial score (nSPS) is 12.0. The maximum absolute atomic E-state index is 12.6. The van der Waals surface area contributed by atoms with Gasteiger partial charge in [-0.3, -0.25) is 14.5 Å². The van der Waals surface area contributed by atoms with E-state index in [2.05, 4.69) is 15.5 Å². The van der Waals surface area contributed by atoms with Gasteiger partial charge in [-0.25, -0.2) is 0 Å². The number of rotatable bonds is 5. The van der Waals surface area contributed by atoms with Gasteiger partial charge in [0.05, 0.1) is 16.1 Å². The quantitative estimate of drug-likeness (QED) is 0.564. The highest BCUT2D eigenvalue weighted by atomic mass is 35.5. The number of benzene rings is 2. The number of aromatic amines is 1. The summed E-state index contributed by atoms with van der Waals surface area (Å²) in [5.74, 6) is 0.445. The number of H-pyrrole nitrogens is 1. The molecule has 3 rings (SSSR count). The molecule has 3 aromatic rings. The SMILES string of the molecule is Cc1cccc(-c2n[nH]c(=S)n2CC(=O)N[C@H](C)c2ccc(Cl)c(Cl)c2)c1. The Morgan fingerprint density at radius 1 is 1.26 bits per heavy atom. The van der Waals surface area contributed by atoms with Crippen molar-refractivity contribution in [3.63, 3.8) is 0 Å². The van der Waals surface area contributed by atoms with E-state index in [9.17, 15) is 4.79 Å². The van der Waals surface area contributed by atoms with Crippen LogP contribution in [0.25, 0.3) is 11.4 Å². The maximum Gasteiger partial charge on any atom is 0.240 e. The summed E-state index contributed by atoms with van der Waals surface area (Å²) in [6.45, 7) is 3.94. The first-order valence-electron chi connectivity index (χ1n) is 8.31. The van der Waals surface area contributed by atoms with Crippen molar-refractivity contribution in [2.75, 3.05) is 0 Å². The Labute approximate surface area is 172 Å². The lowest BCUT2D eigenvalue weighted by atomic mass is 10.1. The Morgan fingerprint density at radius 3 is 2.74 bits per heavy atom. The lowest BCUT2D eigenvalue weighted by Gasteiger charge is -2.16. The molecule has 8 heteroatoms. The third-order valence-electron chi connectivity index (χ3n) is 4.16. The van der Waals surface area contributed by atoms with Crippen LogP contribution in [-0.2, 0) is 11.3 Å². The lowest BCUT2D eigenvalue weighted by molar-refractivity contribution is -0.122.